The number of ether oxygens (including phenoxy) is 2. The van der Waals surface area contributed by atoms with Gasteiger partial charge in [0.1, 0.15) is 11.8 Å². The Labute approximate surface area is 145 Å². The first-order valence-corrected chi connectivity index (χ1v) is 8.12. The lowest BCUT2D eigenvalue weighted by Gasteiger charge is -2.32. The van der Waals surface area contributed by atoms with Crippen LogP contribution in [0.4, 0.5) is 0 Å². The van der Waals surface area contributed by atoms with Gasteiger partial charge in [-0.2, -0.15) is 0 Å². The summed E-state index contributed by atoms with van der Waals surface area (Å²) < 4.78 is 10.0. The average Bonchev–Trinajstić information content (AvgIpc) is 2.71. The van der Waals surface area contributed by atoms with Crippen molar-refractivity contribution >= 4 is 23.5 Å². The Hall–Kier alpha value is -2.54. The third-order valence-corrected chi connectivity index (χ3v) is 4.15. The SMILES string of the molecule is CCOC(=O)C1(C(=O)OCC)C(=O)c2ccccc2CNC1C(C)=O. The van der Waals surface area contributed by atoms with Crippen molar-refractivity contribution in [2.24, 2.45) is 5.41 Å². The van der Waals surface area contributed by atoms with Crippen LogP contribution < -0.4 is 5.32 Å². The number of carbonyl (C=O) groups is 4. The molecule has 0 radical (unpaired) electrons. The number of rotatable bonds is 5. The number of carbonyl (C=O) groups excluding carboxylic acids is 4. The predicted octanol–water partition coefficient (Wildman–Crippen LogP) is 1.04. The fourth-order valence-electron chi connectivity index (χ4n) is 3.05. The first kappa shape index (κ1) is 18.8. The average molecular weight is 347 g/mol. The van der Waals surface area contributed by atoms with Gasteiger partial charge in [0.15, 0.2) is 5.78 Å². The summed E-state index contributed by atoms with van der Waals surface area (Å²) in [4.78, 5) is 51.1. The van der Waals surface area contributed by atoms with Crippen molar-refractivity contribution < 1.29 is 28.7 Å². The minimum atomic E-state index is -2.40. The molecule has 7 heteroatoms. The standard InChI is InChI=1S/C18H21NO6/c1-4-24-16(22)18(17(23)25-5-2)14(11(3)20)19-10-12-8-6-7-9-13(12)15(18)21/h6-9,14,19H,4-5,10H2,1-3H3. The molecule has 1 aromatic carbocycles. The zero-order valence-corrected chi connectivity index (χ0v) is 14.5. The molecule has 134 valence electrons. The summed E-state index contributed by atoms with van der Waals surface area (Å²) >= 11 is 0. The Morgan fingerprint density at radius 2 is 1.68 bits per heavy atom. The van der Waals surface area contributed by atoms with Crippen molar-refractivity contribution in [3.8, 4) is 0 Å². The van der Waals surface area contributed by atoms with Gasteiger partial charge in [0, 0.05) is 12.1 Å². The molecule has 1 unspecified atom stereocenters. The third-order valence-electron chi connectivity index (χ3n) is 4.15. The Kier molecular flexibility index (Phi) is 5.69. The molecular weight excluding hydrogens is 326 g/mol. The van der Waals surface area contributed by atoms with Crippen LogP contribution in [0, 0.1) is 5.41 Å². The fourth-order valence-corrected chi connectivity index (χ4v) is 3.05. The molecule has 1 heterocycles. The molecule has 0 amide bonds. The number of nitrogens with one attached hydrogen (secondary N) is 1. The monoisotopic (exact) mass is 347 g/mol. The number of benzene rings is 1. The van der Waals surface area contributed by atoms with Crippen molar-refractivity contribution in [2.45, 2.75) is 33.4 Å². The van der Waals surface area contributed by atoms with Gasteiger partial charge in [0.2, 0.25) is 5.41 Å². The summed E-state index contributed by atoms with van der Waals surface area (Å²) in [6.45, 7) is 4.41. The van der Waals surface area contributed by atoms with Crippen molar-refractivity contribution in [3.05, 3.63) is 35.4 Å². The molecule has 0 saturated heterocycles. The van der Waals surface area contributed by atoms with Crippen LogP contribution in [0.15, 0.2) is 24.3 Å². The largest absolute Gasteiger partial charge is 0.465 e. The molecule has 0 spiro atoms. The highest BCUT2D eigenvalue weighted by Crippen LogP contribution is 2.35. The zero-order valence-electron chi connectivity index (χ0n) is 14.5. The lowest BCUT2D eigenvalue weighted by molar-refractivity contribution is -0.171. The second-order valence-corrected chi connectivity index (χ2v) is 5.66. The number of hydrogen-bond donors (Lipinski definition) is 1. The molecule has 0 saturated carbocycles. The summed E-state index contributed by atoms with van der Waals surface area (Å²) in [7, 11) is 0. The highest BCUT2D eigenvalue weighted by molar-refractivity contribution is 6.29. The summed E-state index contributed by atoms with van der Waals surface area (Å²) in [5.74, 6) is -3.47. The third kappa shape index (κ3) is 3.07. The smallest absolute Gasteiger partial charge is 0.333 e. The van der Waals surface area contributed by atoms with E-state index >= 15 is 0 Å². The molecule has 1 aliphatic rings. The van der Waals surface area contributed by atoms with Crippen LogP contribution in [-0.4, -0.2) is 42.8 Å². The van der Waals surface area contributed by atoms with Crippen molar-refractivity contribution in [1.29, 1.82) is 0 Å². The van der Waals surface area contributed by atoms with Gasteiger partial charge in [-0.05, 0) is 26.3 Å². The van der Waals surface area contributed by atoms with Crippen LogP contribution in [0.1, 0.15) is 36.7 Å². The number of Topliss-reactive ketones (excluding diaryl/α,β-unsaturated/α-hetero) is 2. The van der Waals surface area contributed by atoms with Crippen LogP contribution in [0.3, 0.4) is 0 Å². The molecule has 1 aliphatic heterocycles. The maximum atomic E-state index is 13.3. The summed E-state index contributed by atoms with van der Waals surface area (Å²) in [5, 5.41) is 2.87. The number of fused-ring (bicyclic) bond motifs is 1. The molecule has 25 heavy (non-hydrogen) atoms. The lowest BCUT2D eigenvalue weighted by atomic mass is 9.72. The van der Waals surface area contributed by atoms with E-state index in [4.69, 9.17) is 9.47 Å². The maximum absolute atomic E-state index is 13.3. The van der Waals surface area contributed by atoms with Crippen LogP contribution >= 0.6 is 0 Å². The lowest BCUT2D eigenvalue weighted by Crippen LogP contribution is -2.62. The van der Waals surface area contributed by atoms with Gasteiger partial charge >= 0.3 is 11.9 Å². The molecular formula is C18H21NO6. The molecule has 0 fully saturated rings. The topological polar surface area (TPSA) is 98.8 Å². The second kappa shape index (κ2) is 7.57. The van der Waals surface area contributed by atoms with Crippen LogP contribution in [0.25, 0.3) is 0 Å². The van der Waals surface area contributed by atoms with Crippen molar-refractivity contribution in [1.82, 2.24) is 5.32 Å². The highest BCUT2D eigenvalue weighted by Gasteiger charge is 2.63. The maximum Gasteiger partial charge on any atom is 0.333 e. The summed E-state index contributed by atoms with van der Waals surface area (Å²) in [5.41, 5.74) is -1.61. The van der Waals surface area contributed by atoms with E-state index in [0.717, 1.165) is 0 Å². The van der Waals surface area contributed by atoms with Gasteiger partial charge in [-0.3, -0.25) is 19.2 Å². The molecule has 0 aromatic heterocycles. The molecule has 1 N–H and O–H groups in total. The minimum absolute atomic E-state index is 0.0421. The summed E-state index contributed by atoms with van der Waals surface area (Å²) in [6.07, 6.45) is 0. The fraction of sp³-hybridized carbons (Fsp3) is 0.444. The van der Waals surface area contributed by atoms with Gasteiger partial charge in [-0.1, -0.05) is 24.3 Å². The van der Waals surface area contributed by atoms with Crippen molar-refractivity contribution in [2.75, 3.05) is 13.2 Å². The van der Waals surface area contributed by atoms with Crippen LogP contribution in [0.5, 0.6) is 0 Å². The van der Waals surface area contributed by atoms with Gasteiger partial charge < -0.3 is 14.8 Å². The Bertz CT molecular complexity index is 693. The van der Waals surface area contributed by atoms with Crippen molar-refractivity contribution in [3.63, 3.8) is 0 Å². The first-order chi connectivity index (χ1) is 11.9. The highest BCUT2D eigenvalue weighted by atomic mass is 16.6. The molecule has 0 aliphatic carbocycles. The van der Waals surface area contributed by atoms with Gasteiger partial charge in [0.25, 0.3) is 0 Å². The molecule has 1 aromatic rings. The predicted molar refractivity (Wildman–Crippen MR) is 87.8 cm³/mol. The zero-order chi connectivity index (χ0) is 18.6. The van der Waals surface area contributed by atoms with E-state index in [-0.39, 0.29) is 25.3 Å². The molecule has 1 atom stereocenters. The van der Waals surface area contributed by atoms with E-state index in [1.165, 1.54) is 13.0 Å². The van der Waals surface area contributed by atoms with Gasteiger partial charge in [-0.15, -0.1) is 0 Å². The quantitative estimate of drug-likeness (QED) is 0.628. The van der Waals surface area contributed by atoms with Gasteiger partial charge in [-0.25, -0.2) is 0 Å². The van der Waals surface area contributed by atoms with Gasteiger partial charge in [0.05, 0.1) is 13.2 Å². The van der Waals surface area contributed by atoms with E-state index in [9.17, 15) is 19.2 Å². The van der Waals surface area contributed by atoms with E-state index < -0.39 is 35.0 Å². The number of hydrogen-bond acceptors (Lipinski definition) is 7. The second-order valence-electron chi connectivity index (χ2n) is 5.66. The Morgan fingerprint density at radius 1 is 1.12 bits per heavy atom. The minimum Gasteiger partial charge on any atom is -0.465 e. The van der Waals surface area contributed by atoms with E-state index in [2.05, 4.69) is 5.32 Å². The van der Waals surface area contributed by atoms with Crippen LogP contribution in [0.2, 0.25) is 0 Å². The number of esters is 2. The van der Waals surface area contributed by atoms with E-state index in [0.29, 0.717) is 5.56 Å². The normalized spacial score (nSPS) is 18.7. The first-order valence-electron chi connectivity index (χ1n) is 8.12. The summed E-state index contributed by atoms with van der Waals surface area (Å²) in [6, 6.07) is 5.22. The Balaban J connectivity index is 2.75. The number of ketones is 2. The molecule has 7 nitrogen and oxygen atoms in total. The molecule has 2 rings (SSSR count). The van der Waals surface area contributed by atoms with Crippen LogP contribution in [-0.2, 0) is 30.4 Å². The molecule has 0 bridgehead atoms. The van der Waals surface area contributed by atoms with E-state index in [1.807, 2.05) is 0 Å². The van der Waals surface area contributed by atoms with E-state index in [1.54, 1.807) is 32.0 Å². The Morgan fingerprint density at radius 3 is 2.20 bits per heavy atom.